The van der Waals surface area contributed by atoms with Gasteiger partial charge in [0.25, 0.3) is 0 Å². The van der Waals surface area contributed by atoms with Crippen LogP contribution in [0.3, 0.4) is 0 Å². The van der Waals surface area contributed by atoms with Crippen LogP contribution in [0.25, 0.3) is 11.1 Å². The standard InChI is InChI=1S/C45H40BF2N3/c1-27-23-29(3)41(30(4)24-27)46(42-31(5)25-28(2)26-32(42)6)38-17-11-34(12-18-38)33-7-9-35(10-8-33)43-49-44(36-13-19-39(47)20-14-36)51-45(50-43)37-15-21-40(48)22-16-37/h7-26,44H,1-6H3,(H,49,50,51). The van der Waals surface area contributed by atoms with E-state index in [1.807, 2.05) is 12.1 Å². The van der Waals surface area contributed by atoms with Crippen molar-refractivity contribution in [1.82, 2.24) is 5.32 Å². The molecule has 7 rings (SSSR count). The van der Waals surface area contributed by atoms with Gasteiger partial charge in [-0.15, -0.1) is 0 Å². The van der Waals surface area contributed by atoms with E-state index < -0.39 is 6.17 Å². The lowest BCUT2D eigenvalue weighted by Gasteiger charge is -2.25. The highest BCUT2D eigenvalue weighted by atomic mass is 19.1. The normalized spacial score (nSPS) is 14.1. The third-order valence-electron chi connectivity index (χ3n) is 9.82. The maximum atomic E-state index is 13.7. The van der Waals surface area contributed by atoms with Crippen LogP contribution in [0, 0.1) is 53.2 Å². The number of nitrogens with one attached hydrogen (secondary N) is 1. The van der Waals surface area contributed by atoms with Crippen molar-refractivity contribution in [1.29, 1.82) is 0 Å². The largest absolute Gasteiger partial charge is 0.344 e. The molecule has 1 aliphatic rings. The fourth-order valence-electron chi connectivity index (χ4n) is 7.60. The van der Waals surface area contributed by atoms with E-state index in [9.17, 15) is 8.78 Å². The number of nitrogens with zero attached hydrogens (tertiary/aromatic N) is 2. The molecule has 0 aliphatic carbocycles. The highest BCUT2D eigenvalue weighted by molar-refractivity contribution is 6.96. The summed E-state index contributed by atoms with van der Waals surface area (Å²) in [5.74, 6) is 0.472. The predicted octanol–water partition coefficient (Wildman–Crippen LogP) is 8.49. The molecule has 3 nitrogen and oxygen atoms in total. The summed E-state index contributed by atoms with van der Waals surface area (Å²) in [6.07, 6.45) is -0.486. The molecule has 1 aliphatic heterocycles. The van der Waals surface area contributed by atoms with Crippen LogP contribution < -0.4 is 21.7 Å². The van der Waals surface area contributed by atoms with Crippen LogP contribution in [0.1, 0.15) is 56.2 Å². The highest BCUT2D eigenvalue weighted by Gasteiger charge is 2.28. The number of aliphatic imine (C=N–C) groups is 2. The van der Waals surface area contributed by atoms with E-state index in [0.717, 1.165) is 22.3 Å². The van der Waals surface area contributed by atoms with Crippen molar-refractivity contribution in [3.63, 3.8) is 0 Å². The Morgan fingerprint density at radius 3 is 1.41 bits per heavy atom. The van der Waals surface area contributed by atoms with Crippen LogP contribution in [0.4, 0.5) is 8.78 Å². The molecule has 1 heterocycles. The third-order valence-corrected chi connectivity index (χ3v) is 9.82. The molecule has 6 heteroatoms. The van der Waals surface area contributed by atoms with E-state index in [0.29, 0.717) is 17.2 Å². The summed E-state index contributed by atoms with van der Waals surface area (Å²) in [6.45, 7) is 13.4. The number of hydrogen-bond donors (Lipinski definition) is 1. The van der Waals surface area contributed by atoms with Gasteiger partial charge < -0.3 is 5.32 Å². The topological polar surface area (TPSA) is 36.8 Å². The zero-order chi connectivity index (χ0) is 35.8. The van der Waals surface area contributed by atoms with E-state index in [4.69, 9.17) is 9.98 Å². The Labute approximate surface area is 299 Å². The Bertz CT molecular complexity index is 2190. The highest BCUT2D eigenvalue weighted by Crippen LogP contribution is 2.25. The molecule has 0 amide bonds. The fourth-order valence-corrected chi connectivity index (χ4v) is 7.60. The van der Waals surface area contributed by atoms with Crippen LogP contribution in [0.2, 0.25) is 0 Å². The van der Waals surface area contributed by atoms with Gasteiger partial charge in [-0.25, -0.2) is 18.8 Å². The lowest BCUT2D eigenvalue weighted by atomic mass is 9.34. The van der Waals surface area contributed by atoms with Gasteiger partial charge in [0.15, 0.2) is 5.84 Å². The Kier molecular flexibility index (Phi) is 9.26. The maximum absolute atomic E-state index is 13.7. The van der Waals surface area contributed by atoms with Gasteiger partial charge in [-0.2, -0.15) is 0 Å². The Balaban J connectivity index is 1.22. The summed E-state index contributed by atoms with van der Waals surface area (Å²) in [5, 5.41) is 3.42. The fraction of sp³-hybridized carbons (Fsp3) is 0.156. The van der Waals surface area contributed by atoms with Gasteiger partial charge in [0, 0.05) is 11.1 Å². The minimum Gasteiger partial charge on any atom is -0.344 e. The van der Waals surface area contributed by atoms with Gasteiger partial charge in [-0.3, -0.25) is 0 Å². The Hall–Kier alpha value is -5.62. The van der Waals surface area contributed by atoms with Gasteiger partial charge in [0.2, 0.25) is 6.71 Å². The molecule has 252 valence electrons. The van der Waals surface area contributed by atoms with Crippen molar-refractivity contribution < 1.29 is 8.78 Å². The number of benzene rings is 6. The molecule has 0 aromatic heterocycles. The second-order valence-corrected chi connectivity index (χ2v) is 13.8. The first-order chi connectivity index (χ1) is 24.5. The van der Waals surface area contributed by atoms with Gasteiger partial charge in [-0.05, 0) is 94.6 Å². The summed E-state index contributed by atoms with van der Waals surface area (Å²) in [5.41, 5.74) is 16.4. The smallest absolute Gasteiger partial charge is 0.242 e. The van der Waals surface area contributed by atoms with E-state index in [1.165, 1.54) is 74.0 Å². The molecule has 6 aromatic carbocycles. The van der Waals surface area contributed by atoms with Crippen LogP contribution >= 0.6 is 0 Å². The molecular formula is C45H40BF2N3. The van der Waals surface area contributed by atoms with E-state index in [2.05, 4.69) is 108 Å². The Morgan fingerprint density at radius 1 is 0.510 bits per heavy atom. The molecule has 0 saturated carbocycles. The molecule has 0 bridgehead atoms. The van der Waals surface area contributed by atoms with Crippen molar-refractivity contribution in [2.75, 3.05) is 0 Å². The molecule has 0 spiro atoms. The molecular weight excluding hydrogens is 631 g/mol. The second kappa shape index (κ2) is 14.0. The minimum atomic E-state index is -0.486. The summed E-state index contributed by atoms with van der Waals surface area (Å²) >= 11 is 0. The number of halogens is 2. The maximum Gasteiger partial charge on any atom is 0.242 e. The summed E-state index contributed by atoms with van der Waals surface area (Å²) in [4.78, 5) is 9.63. The number of amidine groups is 2. The third kappa shape index (κ3) is 7.05. The lowest BCUT2D eigenvalue weighted by Crippen LogP contribution is -2.55. The lowest BCUT2D eigenvalue weighted by molar-refractivity contribution is 0.621. The first-order valence-electron chi connectivity index (χ1n) is 17.3. The number of aryl methyl sites for hydroxylation is 6. The van der Waals surface area contributed by atoms with Gasteiger partial charge in [-0.1, -0.05) is 135 Å². The molecule has 0 radical (unpaired) electrons. The molecule has 1 unspecified atom stereocenters. The van der Waals surface area contributed by atoms with Gasteiger partial charge in [0.1, 0.15) is 23.6 Å². The van der Waals surface area contributed by atoms with Crippen molar-refractivity contribution in [3.05, 3.63) is 183 Å². The molecule has 6 aromatic rings. The first-order valence-corrected chi connectivity index (χ1v) is 17.3. The van der Waals surface area contributed by atoms with Gasteiger partial charge >= 0.3 is 0 Å². The molecule has 51 heavy (non-hydrogen) atoms. The van der Waals surface area contributed by atoms with Crippen molar-refractivity contribution in [3.8, 4) is 11.1 Å². The van der Waals surface area contributed by atoms with E-state index in [-0.39, 0.29) is 18.3 Å². The summed E-state index contributed by atoms with van der Waals surface area (Å²) in [6, 6.07) is 38.9. The van der Waals surface area contributed by atoms with Crippen molar-refractivity contribution in [2.24, 2.45) is 9.98 Å². The second-order valence-electron chi connectivity index (χ2n) is 13.8. The SMILES string of the molecule is Cc1cc(C)c(B(c2ccc(-c3ccc(C4=NC(c5ccc(F)cc5)=NC(c5ccc(F)cc5)N4)cc3)cc2)c2c(C)cc(C)cc2C)c(C)c1. The molecule has 1 N–H and O–H groups in total. The molecule has 1 atom stereocenters. The average molecular weight is 672 g/mol. The van der Waals surface area contributed by atoms with Crippen molar-refractivity contribution in [2.45, 2.75) is 47.7 Å². The zero-order valence-electron chi connectivity index (χ0n) is 29.9. The molecule has 0 saturated heterocycles. The van der Waals surface area contributed by atoms with Crippen LogP contribution in [0.5, 0.6) is 0 Å². The molecule has 0 fully saturated rings. The summed E-state index contributed by atoms with van der Waals surface area (Å²) in [7, 11) is 0. The van der Waals surface area contributed by atoms with Gasteiger partial charge in [0.05, 0.1) is 0 Å². The average Bonchev–Trinajstić information content (AvgIpc) is 3.11. The quantitative estimate of drug-likeness (QED) is 0.170. The minimum absolute atomic E-state index is 0.115. The predicted molar refractivity (Wildman–Crippen MR) is 210 cm³/mol. The van der Waals surface area contributed by atoms with Crippen LogP contribution in [-0.2, 0) is 0 Å². The van der Waals surface area contributed by atoms with Crippen LogP contribution in [-0.4, -0.2) is 18.4 Å². The summed E-state index contributed by atoms with van der Waals surface area (Å²) < 4.78 is 27.5. The first kappa shape index (κ1) is 33.9. The Morgan fingerprint density at radius 2 is 0.922 bits per heavy atom. The van der Waals surface area contributed by atoms with Crippen LogP contribution in [0.15, 0.2) is 131 Å². The number of rotatable bonds is 7. The monoisotopic (exact) mass is 671 g/mol. The van der Waals surface area contributed by atoms with E-state index >= 15 is 0 Å². The number of hydrogen-bond acceptors (Lipinski definition) is 3. The zero-order valence-corrected chi connectivity index (χ0v) is 29.9. The van der Waals surface area contributed by atoms with E-state index in [1.54, 1.807) is 24.3 Å². The van der Waals surface area contributed by atoms with Crippen molar-refractivity contribution >= 4 is 34.8 Å².